The van der Waals surface area contributed by atoms with E-state index in [2.05, 4.69) is 10.6 Å². The number of rotatable bonds is 4. The van der Waals surface area contributed by atoms with Crippen molar-refractivity contribution in [3.05, 3.63) is 65.4 Å². The maximum absolute atomic E-state index is 13.2. The molecular formula is C22H21N3O2. The number of anilines is 2. The number of hydrogen-bond donors (Lipinski definition) is 2. The van der Waals surface area contributed by atoms with Gasteiger partial charge in [0.15, 0.2) is 0 Å². The Hall–Kier alpha value is -3.21. The molecule has 0 radical (unpaired) electrons. The van der Waals surface area contributed by atoms with E-state index in [4.69, 9.17) is 4.98 Å². The van der Waals surface area contributed by atoms with Gasteiger partial charge in [0, 0.05) is 28.9 Å². The highest BCUT2D eigenvalue weighted by atomic mass is 16.2. The molecule has 0 aliphatic heterocycles. The lowest BCUT2D eigenvalue weighted by atomic mass is 10.0. The van der Waals surface area contributed by atoms with Crippen LogP contribution in [0.25, 0.3) is 10.9 Å². The maximum Gasteiger partial charge on any atom is 0.256 e. The van der Waals surface area contributed by atoms with Gasteiger partial charge in [0.25, 0.3) is 5.91 Å². The molecule has 1 aromatic heterocycles. The first-order valence-electron chi connectivity index (χ1n) is 9.27. The van der Waals surface area contributed by atoms with Gasteiger partial charge in [-0.15, -0.1) is 0 Å². The summed E-state index contributed by atoms with van der Waals surface area (Å²) >= 11 is 0. The van der Waals surface area contributed by atoms with E-state index in [-0.39, 0.29) is 11.8 Å². The molecule has 0 saturated heterocycles. The predicted octanol–water partition coefficient (Wildman–Crippen LogP) is 4.32. The zero-order valence-corrected chi connectivity index (χ0v) is 15.2. The van der Waals surface area contributed by atoms with Crippen molar-refractivity contribution in [3.63, 3.8) is 0 Å². The van der Waals surface area contributed by atoms with Gasteiger partial charge in [0.1, 0.15) is 0 Å². The summed E-state index contributed by atoms with van der Waals surface area (Å²) < 4.78 is 0. The van der Waals surface area contributed by atoms with E-state index in [0.29, 0.717) is 17.8 Å². The summed E-state index contributed by atoms with van der Waals surface area (Å²) in [5.74, 6) is -0.192. The Kier molecular flexibility index (Phi) is 4.59. The highest BCUT2D eigenvalue weighted by Crippen LogP contribution is 2.30. The highest BCUT2D eigenvalue weighted by Gasteiger charge is 2.23. The molecular weight excluding hydrogens is 338 g/mol. The number of pyridine rings is 1. The molecule has 0 saturated carbocycles. The summed E-state index contributed by atoms with van der Waals surface area (Å²) in [4.78, 5) is 29.5. The van der Waals surface area contributed by atoms with Gasteiger partial charge in [-0.25, -0.2) is 0 Å². The summed E-state index contributed by atoms with van der Waals surface area (Å²) in [5.41, 5.74) is 4.99. The van der Waals surface area contributed by atoms with Gasteiger partial charge in [0.2, 0.25) is 5.91 Å². The number of carbonyl (C=O) groups is 2. The average molecular weight is 359 g/mol. The molecule has 1 aliphatic carbocycles. The van der Waals surface area contributed by atoms with E-state index >= 15 is 0 Å². The average Bonchev–Trinajstić information content (AvgIpc) is 3.14. The number of aromatic nitrogens is 1. The summed E-state index contributed by atoms with van der Waals surface area (Å²) in [5, 5.41) is 6.69. The second kappa shape index (κ2) is 7.19. The van der Waals surface area contributed by atoms with Crippen molar-refractivity contribution in [1.29, 1.82) is 0 Å². The van der Waals surface area contributed by atoms with Crippen molar-refractivity contribution in [2.75, 3.05) is 10.6 Å². The number of amides is 2. The zero-order chi connectivity index (χ0) is 18.8. The van der Waals surface area contributed by atoms with Crippen molar-refractivity contribution in [2.24, 2.45) is 0 Å². The third-order valence-electron chi connectivity index (χ3n) is 4.87. The van der Waals surface area contributed by atoms with Gasteiger partial charge < -0.3 is 10.6 Å². The molecule has 5 nitrogen and oxygen atoms in total. The summed E-state index contributed by atoms with van der Waals surface area (Å²) in [6, 6.07) is 15.0. The van der Waals surface area contributed by atoms with Crippen molar-refractivity contribution in [3.8, 4) is 0 Å². The first-order valence-corrected chi connectivity index (χ1v) is 9.27. The molecule has 2 amide bonds. The van der Waals surface area contributed by atoms with Crippen LogP contribution in [0.15, 0.2) is 48.5 Å². The predicted molar refractivity (Wildman–Crippen MR) is 107 cm³/mol. The first kappa shape index (κ1) is 17.2. The molecule has 0 atom stereocenters. The molecule has 3 aromatic rings. The van der Waals surface area contributed by atoms with Crippen molar-refractivity contribution >= 4 is 34.1 Å². The molecule has 0 unspecified atom stereocenters. The van der Waals surface area contributed by atoms with Gasteiger partial charge >= 0.3 is 0 Å². The van der Waals surface area contributed by atoms with Gasteiger partial charge in [0.05, 0.1) is 11.1 Å². The fourth-order valence-corrected chi connectivity index (χ4v) is 3.59. The van der Waals surface area contributed by atoms with Crippen LogP contribution in [0.3, 0.4) is 0 Å². The second-order valence-corrected chi connectivity index (χ2v) is 6.72. The largest absolute Gasteiger partial charge is 0.326 e. The van der Waals surface area contributed by atoms with Crippen LogP contribution in [0.4, 0.5) is 11.4 Å². The second-order valence-electron chi connectivity index (χ2n) is 6.72. The van der Waals surface area contributed by atoms with E-state index in [1.54, 1.807) is 13.0 Å². The summed E-state index contributed by atoms with van der Waals surface area (Å²) in [7, 11) is 0. The number of nitrogens with one attached hydrogen (secondary N) is 2. The van der Waals surface area contributed by atoms with Crippen LogP contribution < -0.4 is 10.6 Å². The Morgan fingerprint density at radius 2 is 1.78 bits per heavy atom. The van der Waals surface area contributed by atoms with Crippen molar-refractivity contribution in [1.82, 2.24) is 4.98 Å². The van der Waals surface area contributed by atoms with Crippen molar-refractivity contribution in [2.45, 2.75) is 32.6 Å². The molecule has 136 valence electrons. The number of benzene rings is 2. The van der Waals surface area contributed by atoms with E-state index in [1.807, 2.05) is 42.5 Å². The van der Waals surface area contributed by atoms with Crippen LogP contribution in [-0.4, -0.2) is 16.8 Å². The van der Waals surface area contributed by atoms with Crippen LogP contribution in [0.2, 0.25) is 0 Å². The normalized spacial score (nSPS) is 12.6. The smallest absolute Gasteiger partial charge is 0.256 e. The molecule has 0 fully saturated rings. The molecule has 1 heterocycles. The summed E-state index contributed by atoms with van der Waals surface area (Å²) in [6.07, 6.45) is 3.23. The molecule has 0 spiro atoms. The van der Waals surface area contributed by atoms with Crippen LogP contribution in [0, 0.1) is 0 Å². The van der Waals surface area contributed by atoms with Gasteiger partial charge in [-0.2, -0.15) is 0 Å². The number of fused-ring (bicyclic) bond motifs is 2. The van der Waals surface area contributed by atoms with Crippen LogP contribution in [0.1, 0.15) is 41.4 Å². The topological polar surface area (TPSA) is 71.1 Å². The van der Waals surface area contributed by atoms with E-state index < -0.39 is 0 Å². The fraction of sp³-hybridized carbons (Fsp3) is 0.227. The summed E-state index contributed by atoms with van der Waals surface area (Å²) in [6.45, 7) is 1.80. The lowest BCUT2D eigenvalue weighted by molar-refractivity contribution is -0.115. The highest BCUT2D eigenvalue weighted by molar-refractivity contribution is 6.14. The Morgan fingerprint density at radius 1 is 1.00 bits per heavy atom. The van der Waals surface area contributed by atoms with E-state index in [1.165, 1.54) is 0 Å². The minimum Gasteiger partial charge on any atom is -0.326 e. The third kappa shape index (κ3) is 3.40. The lowest BCUT2D eigenvalue weighted by Crippen LogP contribution is -2.16. The third-order valence-corrected chi connectivity index (χ3v) is 4.87. The maximum atomic E-state index is 13.2. The molecule has 0 bridgehead atoms. The van der Waals surface area contributed by atoms with Crippen LogP contribution in [-0.2, 0) is 17.6 Å². The molecule has 5 heteroatoms. The Bertz CT molecular complexity index is 1040. The molecule has 27 heavy (non-hydrogen) atoms. The molecule has 1 aliphatic rings. The number of hydrogen-bond acceptors (Lipinski definition) is 3. The molecule has 2 N–H and O–H groups in total. The van der Waals surface area contributed by atoms with Gasteiger partial charge in [-0.1, -0.05) is 31.2 Å². The monoisotopic (exact) mass is 359 g/mol. The minimum atomic E-state index is -0.134. The minimum absolute atomic E-state index is 0.0589. The zero-order valence-electron chi connectivity index (χ0n) is 15.2. The Balaban J connectivity index is 1.68. The van der Waals surface area contributed by atoms with E-state index in [0.717, 1.165) is 47.0 Å². The lowest BCUT2D eigenvalue weighted by Gasteiger charge is -2.13. The van der Waals surface area contributed by atoms with Crippen LogP contribution in [0.5, 0.6) is 0 Å². The molecule has 2 aromatic carbocycles. The SMILES string of the molecule is CCC(=O)Nc1cccc(NC(=O)c2c3c(nc4ccccc24)CCC3)c1. The number of nitrogens with zero attached hydrogens (tertiary/aromatic N) is 1. The fourth-order valence-electron chi connectivity index (χ4n) is 3.59. The standard InChI is InChI=1S/C22H21N3O2/c1-2-20(26)23-14-7-5-8-15(13-14)24-22(27)21-16-9-3-4-11-18(16)25-19-12-6-10-17(19)21/h3-5,7-9,11,13H,2,6,10,12H2,1H3,(H,23,26)(H,24,27). The Labute approximate surface area is 157 Å². The van der Waals surface area contributed by atoms with Gasteiger partial charge in [-0.3, -0.25) is 14.6 Å². The van der Waals surface area contributed by atoms with Crippen LogP contribution >= 0.6 is 0 Å². The number of carbonyl (C=O) groups excluding carboxylic acids is 2. The molecule has 4 rings (SSSR count). The number of para-hydroxylation sites is 1. The van der Waals surface area contributed by atoms with Gasteiger partial charge in [-0.05, 0) is 49.1 Å². The number of aryl methyl sites for hydroxylation is 1. The van der Waals surface area contributed by atoms with Crippen molar-refractivity contribution < 1.29 is 9.59 Å². The van der Waals surface area contributed by atoms with E-state index in [9.17, 15) is 9.59 Å². The quantitative estimate of drug-likeness (QED) is 0.728. The Morgan fingerprint density at radius 3 is 2.59 bits per heavy atom. The first-order chi connectivity index (χ1) is 13.2.